The molecule has 0 bridgehead atoms. The van der Waals surface area contributed by atoms with Crippen molar-refractivity contribution in [1.82, 2.24) is 30.1 Å². The number of fused-ring (bicyclic) bond motifs is 2. The van der Waals surface area contributed by atoms with E-state index in [1.807, 2.05) is 24.3 Å². The fraction of sp³-hybridized carbons (Fsp3) is 0.148. The van der Waals surface area contributed by atoms with Gasteiger partial charge in [-0.25, -0.2) is 4.98 Å². The van der Waals surface area contributed by atoms with Crippen LogP contribution in [-0.4, -0.2) is 36.0 Å². The number of pyridine rings is 3. The average molecular weight is 476 g/mol. The maximum atomic E-state index is 12.4. The van der Waals surface area contributed by atoms with Gasteiger partial charge in [0.2, 0.25) is 5.91 Å². The molecule has 3 N–H and O–H groups in total. The first kappa shape index (κ1) is 20.6. The number of amides is 1. The maximum absolute atomic E-state index is 12.4. The third-order valence-corrected chi connectivity index (χ3v) is 6.84. The van der Waals surface area contributed by atoms with Gasteiger partial charge in [0.05, 0.1) is 41.5 Å². The van der Waals surface area contributed by atoms with Crippen molar-refractivity contribution in [3.8, 4) is 33.8 Å². The zero-order chi connectivity index (χ0) is 24.1. The molecule has 7 rings (SSSR count). The molecule has 1 saturated carbocycles. The molecular weight excluding hydrogens is 454 g/mol. The monoisotopic (exact) mass is 475 g/mol. The van der Waals surface area contributed by atoms with Crippen LogP contribution >= 0.6 is 0 Å². The molecule has 0 atom stereocenters. The SMILES string of the molecule is O=C(Nc1cncc(-c2cnc3n[nH]c(-c4cc5c(-c6ccoc6)nccc5[nH]4)c3c2)c1)C1CCC1. The summed E-state index contributed by atoms with van der Waals surface area (Å²) in [4.78, 5) is 29.3. The molecule has 0 radical (unpaired) electrons. The second-order valence-electron chi connectivity index (χ2n) is 9.09. The molecular formula is C27H21N7O2. The van der Waals surface area contributed by atoms with E-state index in [9.17, 15) is 4.79 Å². The fourth-order valence-corrected chi connectivity index (χ4v) is 4.66. The lowest BCUT2D eigenvalue weighted by Crippen LogP contribution is -2.28. The van der Waals surface area contributed by atoms with Crippen LogP contribution < -0.4 is 5.32 Å². The van der Waals surface area contributed by atoms with E-state index in [-0.39, 0.29) is 11.8 Å². The Balaban J connectivity index is 1.26. The van der Waals surface area contributed by atoms with Gasteiger partial charge >= 0.3 is 0 Å². The highest BCUT2D eigenvalue weighted by atomic mass is 16.3. The summed E-state index contributed by atoms with van der Waals surface area (Å²) < 4.78 is 5.26. The highest BCUT2D eigenvalue weighted by molar-refractivity contribution is 6.00. The minimum absolute atomic E-state index is 0.0639. The number of nitrogens with zero attached hydrogens (tertiary/aromatic N) is 4. The van der Waals surface area contributed by atoms with Gasteiger partial charge in [0, 0.05) is 57.5 Å². The number of rotatable bonds is 5. The van der Waals surface area contributed by atoms with Gasteiger partial charge in [0.1, 0.15) is 0 Å². The van der Waals surface area contributed by atoms with E-state index in [0.29, 0.717) is 11.3 Å². The highest BCUT2D eigenvalue weighted by Gasteiger charge is 2.25. The Morgan fingerprint density at radius 3 is 2.75 bits per heavy atom. The standard InChI is InChI=1S/C27H21N7O2/c35-27(15-2-1-3-15)31-19-8-17(11-28-13-19)18-9-21-25(33-34-26(21)30-12-18)23-10-20-22(32-23)4-6-29-24(20)16-5-7-36-14-16/h4-15,32H,1-3H2,(H,31,35)(H,30,33,34). The van der Waals surface area contributed by atoms with Crippen LogP contribution in [0.4, 0.5) is 5.69 Å². The number of aromatic nitrogens is 6. The van der Waals surface area contributed by atoms with Gasteiger partial charge in [-0.1, -0.05) is 6.42 Å². The summed E-state index contributed by atoms with van der Waals surface area (Å²) >= 11 is 0. The van der Waals surface area contributed by atoms with Gasteiger partial charge in [-0.3, -0.25) is 19.9 Å². The van der Waals surface area contributed by atoms with Crippen LogP contribution in [0.25, 0.3) is 55.7 Å². The van der Waals surface area contributed by atoms with Crippen LogP contribution in [-0.2, 0) is 4.79 Å². The number of aromatic amines is 2. The van der Waals surface area contributed by atoms with E-state index >= 15 is 0 Å². The van der Waals surface area contributed by atoms with Crippen LogP contribution in [0.2, 0.25) is 0 Å². The summed E-state index contributed by atoms with van der Waals surface area (Å²) in [6, 6.07) is 9.86. The Hall–Kier alpha value is -4.79. The molecule has 0 spiro atoms. The van der Waals surface area contributed by atoms with Gasteiger partial charge in [0.25, 0.3) is 0 Å². The zero-order valence-corrected chi connectivity index (χ0v) is 19.2. The second-order valence-corrected chi connectivity index (χ2v) is 9.09. The molecule has 6 heterocycles. The van der Waals surface area contributed by atoms with Crippen molar-refractivity contribution in [2.45, 2.75) is 19.3 Å². The number of carbonyl (C=O) groups excluding carboxylic acids is 1. The number of H-pyrrole nitrogens is 2. The molecule has 1 fully saturated rings. The van der Waals surface area contributed by atoms with Crippen molar-refractivity contribution in [3.63, 3.8) is 0 Å². The van der Waals surface area contributed by atoms with Crippen molar-refractivity contribution >= 4 is 33.5 Å². The Kier molecular flexibility index (Phi) is 4.66. The fourth-order valence-electron chi connectivity index (χ4n) is 4.66. The van der Waals surface area contributed by atoms with E-state index in [1.165, 1.54) is 0 Å². The summed E-state index contributed by atoms with van der Waals surface area (Å²) in [6.07, 6.45) is 13.3. The lowest BCUT2D eigenvalue weighted by atomic mass is 9.85. The zero-order valence-electron chi connectivity index (χ0n) is 19.2. The van der Waals surface area contributed by atoms with Crippen LogP contribution in [0, 0.1) is 5.92 Å². The third-order valence-electron chi connectivity index (χ3n) is 6.84. The molecule has 9 heteroatoms. The Bertz CT molecular complexity index is 1730. The summed E-state index contributed by atoms with van der Waals surface area (Å²) in [5, 5.41) is 12.4. The first-order valence-electron chi connectivity index (χ1n) is 11.8. The minimum Gasteiger partial charge on any atom is -0.472 e. The molecule has 6 aromatic rings. The van der Waals surface area contributed by atoms with E-state index in [2.05, 4.69) is 41.5 Å². The van der Waals surface area contributed by atoms with E-state index < -0.39 is 0 Å². The van der Waals surface area contributed by atoms with Crippen LogP contribution in [0.3, 0.4) is 0 Å². The molecule has 6 aromatic heterocycles. The van der Waals surface area contributed by atoms with Crippen molar-refractivity contribution in [3.05, 3.63) is 67.6 Å². The summed E-state index contributed by atoms with van der Waals surface area (Å²) in [7, 11) is 0. The van der Waals surface area contributed by atoms with Gasteiger partial charge in [-0.15, -0.1) is 0 Å². The normalized spacial score (nSPS) is 13.8. The molecule has 0 saturated heterocycles. The molecule has 1 aliphatic rings. The third kappa shape index (κ3) is 3.44. The van der Waals surface area contributed by atoms with Crippen LogP contribution in [0.5, 0.6) is 0 Å². The highest BCUT2D eigenvalue weighted by Crippen LogP contribution is 2.34. The summed E-state index contributed by atoms with van der Waals surface area (Å²) in [5.74, 6) is 0.176. The number of hydrogen-bond donors (Lipinski definition) is 3. The Labute approximate surface area is 205 Å². The maximum Gasteiger partial charge on any atom is 0.227 e. The summed E-state index contributed by atoms with van der Waals surface area (Å²) in [6.45, 7) is 0. The molecule has 1 aliphatic carbocycles. The topological polar surface area (TPSA) is 125 Å². The second kappa shape index (κ2) is 8.16. The molecule has 0 unspecified atom stereocenters. The van der Waals surface area contributed by atoms with E-state index in [0.717, 1.165) is 69.3 Å². The van der Waals surface area contributed by atoms with Crippen molar-refractivity contribution < 1.29 is 9.21 Å². The van der Waals surface area contributed by atoms with Crippen molar-refractivity contribution in [2.24, 2.45) is 5.92 Å². The predicted molar refractivity (Wildman–Crippen MR) is 136 cm³/mol. The number of nitrogens with one attached hydrogen (secondary N) is 3. The Morgan fingerprint density at radius 2 is 1.92 bits per heavy atom. The first-order chi connectivity index (χ1) is 17.7. The molecule has 176 valence electrons. The van der Waals surface area contributed by atoms with Gasteiger partial charge in [0.15, 0.2) is 5.65 Å². The lowest BCUT2D eigenvalue weighted by molar-refractivity contribution is -0.122. The van der Waals surface area contributed by atoms with Crippen molar-refractivity contribution in [1.29, 1.82) is 0 Å². The van der Waals surface area contributed by atoms with Gasteiger partial charge in [-0.2, -0.15) is 5.10 Å². The largest absolute Gasteiger partial charge is 0.472 e. The van der Waals surface area contributed by atoms with Gasteiger partial charge < -0.3 is 14.7 Å². The van der Waals surface area contributed by atoms with Gasteiger partial charge in [-0.05, 0) is 43.2 Å². The first-order valence-corrected chi connectivity index (χ1v) is 11.8. The van der Waals surface area contributed by atoms with Crippen LogP contribution in [0.15, 0.2) is 72.1 Å². The minimum atomic E-state index is 0.0639. The number of carbonyl (C=O) groups is 1. The molecule has 0 aromatic carbocycles. The molecule has 9 nitrogen and oxygen atoms in total. The molecule has 0 aliphatic heterocycles. The summed E-state index contributed by atoms with van der Waals surface area (Å²) in [5.41, 5.74) is 7.48. The van der Waals surface area contributed by atoms with Crippen molar-refractivity contribution in [2.75, 3.05) is 5.32 Å². The Morgan fingerprint density at radius 1 is 1.00 bits per heavy atom. The lowest BCUT2D eigenvalue weighted by Gasteiger charge is -2.24. The predicted octanol–water partition coefficient (Wildman–Crippen LogP) is 5.56. The van der Waals surface area contributed by atoms with E-state index in [4.69, 9.17) is 4.42 Å². The average Bonchev–Trinajstić information content (AvgIpc) is 3.61. The van der Waals surface area contributed by atoms with E-state index in [1.54, 1.807) is 37.3 Å². The smallest absolute Gasteiger partial charge is 0.227 e. The quantitative estimate of drug-likeness (QED) is 0.300. The molecule has 1 amide bonds. The molecule has 36 heavy (non-hydrogen) atoms. The number of hydrogen-bond acceptors (Lipinski definition) is 6. The number of furan rings is 1. The van der Waals surface area contributed by atoms with Crippen LogP contribution in [0.1, 0.15) is 19.3 Å². The number of anilines is 1.